The van der Waals surface area contributed by atoms with E-state index in [1.54, 1.807) is 12.4 Å². The van der Waals surface area contributed by atoms with E-state index >= 15 is 0 Å². The van der Waals surface area contributed by atoms with Crippen molar-refractivity contribution in [1.82, 2.24) is 20.3 Å². The molecule has 3 heterocycles. The van der Waals surface area contributed by atoms with Gasteiger partial charge in [-0.05, 0) is 31.2 Å². The minimum Gasteiger partial charge on any atom is -0.345 e. The summed E-state index contributed by atoms with van der Waals surface area (Å²) in [6.07, 6.45) is 3.47. The van der Waals surface area contributed by atoms with Crippen molar-refractivity contribution in [2.24, 2.45) is 0 Å². The molecular formula is C20H15ClN4OS2. The first kappa shape index (κ1) is 18.7. The summed E-state index contributed by atoms with van der Waals surface area (Å²) in [4.78, 5) is 26.3. The Balaban J connectivity index is 1.45. The van der Waals surface area contributed by atoms with Gasteiger partial charge < -0.3 is 5.32 Å². The highest BCUT2D eigenvalue weighted by Gasteiger charge is 2.17. The van der Waals surface area contributed by atoms with Gasteiger partial charge in [-0.2, -0.15) is 0 Å². The molecule has 0 unspecified atom stereocenters. The fourth-order valence-electron chi connectivity index (χ4n) is 2.64. The zero-order chi connectivity index (χ0) is 19.5. The minimum atomic E-state index is -0.149. The van der Waals surface area contributed by atoms with E-state index < -0.39 is 0 Å². The van der Waals surface area contributed by atoms with Crippen molar-refractivity contribution in [2.45, 2.75) is 13.5 Å². The topological polar surface area (TPSA) is 67.8 Å². The van der Waals surface area contributed by atoms with Crippen LogP contribution in [0.25, 0.3) is 21.8 Å². The molecule has 140 valence electrons. The number of nitrogens with zero attached hydrogens (tertiary/aromatic N) is 3. The first-order valence-electron chi connectivity index (χ1n) is 8.46. The van der Waals surface area contributed by atoms with Gasteiger partial charge in [-0.1, -0.05) is 23.7 Å². The number of pyridine rings is 1. The van der Waals surface area contributed by atoms with Gasteiger partial charge in [0.05, 0.1) is 17.9 Å². The average Bonchev–Trinajstić information content (AvgIpc) is 3.34. The van der Waals surface area contributed by atoms with Gasteiger partial charge in [-0.25, -0.2) is 9.97 Å². The lowest BCUT2D eigenvalue weighted by atomic mass is 10.2. The lowest BCUT2D eigenvalue weighted by molar-refractivity contribution is 0.0954. The third kappa shape index (κ3) is 4.11. The van der Waals surface area contributed by atoms with Crippen LogP contribution in [0.15, 0.2) is 54.2 Å². The predicted octanol–water partition coefficient (Wildman–Crippen LogP) is 5.22. The molecule has 4 rings (SSSR count). The molecule has 1 N–H and O–H groups in total. The predicted molar refractivity (Wildman–Crippen MR) is 114 cm³/mol. The molecule has 0 spiro atoms. The van der Waals surface area contributed by atoms with Crippen molar-refractivity contribution in [3.63, 3.8) is 0 Å². The fourth-order valence-corrected chi connectivity index (χ4v) is 4.55. The third-order valence-corrected chi connectivity index (χ3v) is 6.29. The summed E-state index contributed by atoms with van der Waals surface area (Å²) in [5.41, 5.74) is 3.50. The van der Waals surface area contributed by atoms with Gasteiger partial charge in [0.15, 0.2) is 0 Å². The van der Waals surface area contributed by atoms with Gasteiger partial charge in [-0.15, -0.1) is 22.7 Å². The van der Waals surface area contributed by atoms with Gasteiger partial charge in [0.2, 0.25) is 0 Å². The smallest absolute Gasteiger partial charge is 0.263 e. The Morgan fingerprint density at radius 1 is 1.14 bits per heavy atom. The summed E-state index contributed by atoms with van der Waals surface area (Å²) < 4.78 is 0. The number of nitrogens with one attached hydrogen (secondary N) is 1. The maximum atomic E-state index is 12.6. The molecule has 0 aliphatic rings. The van der Waals surface area contributed by atoms with E-state index in [-0.39, 0.29) is 5.91 Å². The molecule has 4 aromatic rings. The lowest BCUT2D eigenvalue weighted by Gasteiger charge is -2.01. The van der Waals surface area contributed by atoms with Crippen LogP contribution in [-0.4, -0.2) is 20.9 Å². The number of aromatic nitrogens is 3. The van der Waals surface area contributed by atoms with Crippen molar-refractivity contribution in [3.05, 3.63) is 74.8 Å². The van der Waals surface area contributed by atoms with Crippen LogP contribution >= 0.6 is 34.3 Å². The first-order valence-corrected chi connectivity index (χ1v) is 10.5. The first-order chi connectivity index (χ1) is 13.6. The molecule has 28 heavy (non-hydrogen) atoms. The highest BCUT2D eigenvalue weighted by Crippen LogP contribution is 2.29. The molecule has 1 aromatic carbocycles. The van der Waals surface area contributed by atoms with Crippen LogP contribution in [0.3, 0.4) is 0 Å². The monoisotopic (exact) mass is 426 g/mol. The number of benzene rings is 1. The van der Waals surface area contributed by atoms with Gasteiger partial charge in [0.1, 0.15) is 14.9 Å². The second kappa shape index (κ2) is 8.18. The zero-order valence-electron chi connectivity index (χ0n) is 14.8. The molecule has 0 aliphatic heterocycles. The molecule has 5 nitrogen and oxygen atoms in total. The van der Waals surface area contributed by atoms with E-state index in [9.17, 15) is 4.79 Å². The van der Waals surface area contributed by atoms with Crippen LogP contribution in [-0.2, 0) is 6.54 Å². The van der Waals surface area contributed by atoms with Crippen molar-refractivity contribution in [3.8, 4) is 21.8 Å². The highest BCUT2D eigenvalue weighted by molar-refractivity contribution is 7.17. The van der Waals surface area contributed by atoms with Crippen LogP contribution in [0.2, 0.25) is 5.02 Å². The number of thiazole rings is 2. The van der Waals surface area contributed by atoms with Crippen molar-refractivity contribution < 1.29 is 4.79 Å². The van der Waals surface area contributed by atoms with Gasteiger partial charge in [0.25, 0.3) is 5.91 Å². The second-order valence-corrected chi connectivity index (χ2v) is 8.37. The molecule has 0 fully saturated rings. The Kier molecular flexibility index (Phi) is 5.47. The number of carbonyl (C=O) groups excluding carboxylic acids is 1. The number of halogens is 1. The van der Waals surface area contributed by atoms with Crippen molar-refractivity contribution in [2.75, 3.05) is 0 Å². The molecule has 0 saturated heterocycles. The molecule has 0 aliphatic carbocycles. The number of rotatable bonds is 5. The van der Waals surface area contributed by atoms with Crippen LogP contribution in [0.1, 0.15) is 20.4 Å². The molecule has 8 heteroatoms. The molecule has 3 aromatic heterocycles. The molecule has 1 amide bonds. The Morgan fingerprint density at radius 3 is 2.75 bits per heavy atom. The van der Waals surface area contributed by atoms with E-state index in [0.29, 0.717) is 22.1 Å². The largest absolute Gasteiger partial charge is 0.345 e. The SMILES string of the molecule is Cc1nc(-c2cccc(Cl)c2)sc1C(=O)NCc1nc(-c2ccncc2)cs1. The number of hydrogen-bond donors (Lipinski definition) is 1. The lowest BCUT2D eigenvalue weighted by Crippen LogP contribution is -2.22. The van der Waals surface area contributed by atoms with Gasteiger partial charge in [0, 0.05) is 33.9 Å². The molecule has 0 saturated carbocycles. The molecule has 0 bridgehead atoms. The summed E-state index contributed by atoms with van der Waals surface area (Å²) in [6, 6.07) is 11.3. The molecule has 0 atom stereocenters. The normalized spacial score (nSPS) is 10.8. The van der Waals surface area contributed by atoms with E-state index in [1.165, 1.54) is 22.7 Å². The zero-order valence-corrected chi connectivity index (χ0v) is 17.2. The number of amides is 1. The quantitative estimate of drug-likeness (QED) is 0.475. The summed E-state index contributed by atoms with van der Waals surface area (Å²) in [5, 5.41) is 7.18. The maximum absolute atomic E-state index is 12.6. The number of hydrogen-bond acceptors (Lipinski definition) is 6. The highest BCUT2D eigenvalue weighted by atomic mass is 35.5. The number of aryl methyl sites for hydroxylation is 1. The average molecular weight is 427 g/mol. The Hall–Kier alpha value is -2.61. The summed E-state index contributed by atoms with van der Waals surface area (Å²) >= 11 is 8.93. The third-order valence-electron chi connectivity index (χ3n) is 4.00. The van der Waals surface area contributed by atoms with E-state index in [0.717, 1.165) is 26.8 Å². The Labute approximate surface area is 175 Å². The molecule has 0 radical (unpaired) electrons. The van der Waals surface area contributed by atoms with Crippen LogP contribution in [0.4, 0.5) is 0 Å². The van der Waals surface area contributed by atoms with Crippen LogP contribution in [0, 0.1) is 6.92 Å². The van der Waals surface area contributed by atoms with Gasteiger partial charge in [-0.3, -0.25) is 9.78 Å². The summed E-state index contributed by atoms with van der Waals surface area (Å²) in [7, 11) is 0. The maximum Gasteiger partial charge on any atom is 0.263 e. The summed E-state index contributed by atoms with van der Waals surface area (Å²) in [5.74, 6) is -0.149. The second-order valence-electron chi connectivity index (χ2n) is 5.99. The Morgan fingerprint density at radius 2 is 1.96 bits per heavy atom. The fraction of sp³-hybridized carbons (Fsp3) is 0.100. The van der Waals surface area contributed by atoms with E-state index in [2.05, 4.69) is 20.3 Å². The van der Waals surface area contributed by atoms with Crippen molar-refractivity contribution in [1.29, 1.82) is 0 Å². The summed E-state index contributed by atoms with van der Waals surface area (Å²) in [6.45, 7) is 2.21. The van der Waals surface area contributed by atoms with Crippen LogP contribution in [0.5, 0.6) is 0 Å². The van der Waals surface area contributed by atoms with Crippen molar-refractivity contribution >= 4 is 40.2 Å². The van der Waals surface area contributed by atoms with Gasteiger partial charge >= 0.3 is 0 Å². The van der Waals surface area contributed by atoms with E-state index in [4.69, 9.17) is 11.6 Å². The van der Waals surface area contributed by atoms with Crippen LogP contribution < -0.4 is 5.32 Å². The molecular weight excluding hydrogens is 412 g/mol. The van der Waals surface area contributed by atoms with E-state index in [1.807, 2.05) is 48.7 Å². The standard InChI is InChI=1S/C20H15ClN4OS2/c1-12-18(28-20(24-12)14-3-2-4-15(21)9-14)19(26)23-10-17-25-16(11-27-17)13-5-7-22-8-6-13/h2-9,11H,10H2,1H3,(H,23,26). The minimum absolute atomic E-state index is 0.149. The number of carbonyl (C=O) groups is 1. The Bertz CT molecular complexity index is 1120.